The molecule has 26 heavy (non-hydrogen) atoms. The quantitative estimate of drug-likeness (QED) is 0.720. The van der Waals surface area contributed by atoms with Crippen molar-refractivity contribution in [3.63, 3.8) is 0 Å². The Morgan fingerprint density at radius 3 is 2.65 bits per heavy atom. The zero-order valence-electron chi connectivity index (χ0n) is 14.2. The molecule has 0 saturated heterocycles. The van der Waals surface area contributed by atoms with E-state index in [2.05, 4.69) is 10.6 Å². The zero-order valence-corrected chi connectivity index (χ0v) is 15.0. The Hall–Kier alpha value is -2.87. The van der Waals surface area contributed by atoms with Gasteiger partial charge in [-0.3, -0.25) is 18.7 Å². The van der Waals surface area contributed by atoms with Crippen molar-refractivity contribution in [2.75, 3.05) is 5.32 Å². The Morgan fingerprint density at radius 1 is 1.19 bits per heavy atom. The largest absolute Gasteiger partial charge is 0.349 e. The van der Waals surface area contributed by atoms with Gasteiger partial charge in [-0.25, -0.2) is 4.79 Å². The van der Waals surface area contributed by atoms with Crippen LogP contribution in [0.1, 0.15) is 23.2 Å². The molecular weight excluding hydrogens is 352 g/mol. The van der Waals surface area contributed by atoms with E-state index >= 15 is 0 Å². The van der Waals surface area contributed by atoms with Crippen LogP contribution in [-0.4, -0.2) is 27.0 Å². The van der Waals surface area contributed by atoms with Crippen LogP contribution in [0.2, 0.25) is 0 Å². The first-order valence-electron chi connectivity index (χ1n) is 8.37. The number of amides is 2. The van der Waals surface area contributed by atoms with E-state index in [0.29, 0.717) is 16.1 Å². The molecule has 1 aliphatic carbocycles. The second-order valence-corrected chi connectivity index (χ2v) is 7.29. The molecule has 0 atom stereocenters. The molecule has 3 aromatic rings. The van der Waals surface area contributed by atoms with E-state index in [-0.39, 0.29) is 30.1 Å². The number of benzene rings is 1. The first-order valence-corrected chi connectivity index (χ1v) is 9.25. The highest BCUT2D eigenvalue weighted by Gasteiger charge is 2.25. The maximum atomic E-state index is 12.5. The lowest BCUT2D eigenvalue weighted by Crippen LogP contribution is -2.29. The highest BCUT2D eigenvalue weighted by atomic mass is 32.1. The number of imidazole rings is 1. The summed E-state index contributed by atoms with van der Waals surface area (Å²) < 4.78 is 2.95. The number of carbonyl (C=O) groups is 2. The normalized spacial score (nSPS) is 13.7. The lowest BCUT2D eigenvalue weighted by atomic mass is 10.3. The van der Waals surface area contributed by atoms with Gasteiger partial charge >= 0.3 is 5.69 Å². The summed E-state index contributed by atoms with van der Waals surface area (Å²) in [7, 11) is 1.68. The highest BCUT2D eigenvalue weighted by molar-refractivity contribution is 7.14. The van der Waals surface area contributed by atoms with Crippen molar-refractivity contribution < 1.29 is 9.59 Å². The van der Waals surface area contributed by atoms with Gasteiger partial charge in [-0.2, -0.15) is 0 Å². The molecule has 1 aliphatic rings. The van der Waals surface area contributed by atoms with Crippen molar-refractivity contribution in [3.8, 4) is 0 Å². The van der Waals surface area contributed by atoms with E-state index in [9.17, 15) is 14.4 Å². The number of aromatic nitrogens is 2. The molecular formula is C18H18N4O3S. The number of carbonyl (C=O) groups excluding carboxylic acids is 2. The van der Waals surface area contributed by atoms with Gasteiger partial charge in [0.15, 0.2) is 0 Å². The Morgan fingerprint density at radius 2 is 1.92 bits per heavy atom. The van der Waals surface area contributed by atoms with Crippen molar-refractivity contribution in [1.29, 1.82) is 0 Å². The molecule has 4 rings (SSSR count). The lowest BCUT2D eigenvalue weighted by Gasteiger charge is -2.07. The molecule has 1 saturated carbocycles. The molecule has 2 amide bonds. The molecule has 134 valence electrons. The van der Waals surface area contributed by atoms with Gasteiger partial charge in [0.05, 0.1) is 16.6 Å². The van der Waals surface area contributed by atoms with Gasteiger partial charge in [-0.05, 0) is 36.4 Å². The average molecular weight is 370 g/mol. The monoisotopic (exact) mass is 370 g/mol. The van der Waals surface area contributed by atoms with Crippen LogP contribution >= 0.6 is 11.3 Å². The number of aryl methyl sites for hydroxylation is 1. The van der Waals surface area contributed by atoms with Crippen LogP contribution in [0.25, 0.3) is 11.0 Å². The smallest absolute Gasteiger partial charge is 0.329 e. The number of nitrogens with one attached hydrogen (secondary N) is 2. The molecule has 0 radical (unpaired) electrons. The summed E-state index contributed by atoms with van der Waals surface area (Å²) in [6.45, 7) is -0.109. The van der Waals surface area contributed by atoms with Crippen LogP contribution in [0, 0.1) is 0 Å². The number of fused-ring (bicyclic) bond motifs is 1. The second-order valence-electron chi connectivity index (χ2n) is 6.38. The van der Waals surface area contributed by atoms with Gasteiger partial charge in [0.1, 0.15) is 11.5 Å². The van der Waals surface area contributed by atoms with E-state index < -0.39 is 0 Å². The summed E-state index contributed by atoms with van der Waals surface area (Å²) in [5.41, 5.74) is 1.68. The molecule has 1 fully saturated rings. The summed E-state index contributed by atoms with van der Waals surface area (Å²) in [4.78, 5) is 37.1. The molecule has 0 spiro atoms. The zero-order chi connectivity index (χ0) is 18.3. The Kier molecular flexibility index (Phi) is 4.12. The van der Waals surface area contributed by atoms with Crippen LogP contribution in [0.4, 0.5) is 5.00 Å². The maximum Gasteiger partial charge on any atom is 0.329 e. The first kappa shape index (κ1) is 16.6. The number of para-hydroxylation sites is 2. The number of hydrogen-bond donors (Lipinski definition) is 2. The van der Waals surface area contributed by atoms with Crippen molar-refractivity contribution in [2.24, 2.45) is 7.05 Å². The number of rotatable bonds is 5. The number of thiophene rings is 1. The van der Waals surface area contributed by atoms with Gasteiger partial charge in [-0.1, -0.05) is 12.1 Å². The number of anilines is 1. The molecule has 0 unspecified atom stereocenters. The third-order valence-corrected chi connectivity index (χ3v) is 5.26. The standard InChI is InChI=1S/C18H18N4O3S/c1-21-13-4-2-3-5-14(13)22(18(21)25)10-15(23)20-17-12(8-9-26-17)16(24)19-11-6-7-11/h2-5,8-9,11H,6-7,10H2,1H3,(H,19,24)(H,20,23). The van der Waals surface area contributed by atoms with Gasteiger partial charge < -0.3 is 10.6 Å². The fourth-order valence-electron chi connectivity index (χ4n) is 2.90. The summed E-state index contributed by atoms with van der Waals surface area (Å²) in [5, 5.41) is 7.95. The Bertz CT molecular complexity index is 1060. The second kappa shape index (κ2) is 6.45. The fraction of sp³-hybridized carbons (Fsp3) is 0.278. The van der Waals surface area contributed by atoms with E-state index in [0.717, 1.165) is 18.4 Å². The molecule has 7 nitrogen and oxygen atoms in total. The van der Waals surface area contributed by atoms with Crippen LogP contribution in [-0.2, 0) is 18.4 Å². The van der Waals surface area contributed by atoms with E-state index in [1.165, 1.54) is 20.5 Å². The van der Waals surface area contributed by atoms with Crippen molar-refractivity contribution in [2.45, 2.75) is 25.4 Å². The summed E-state index contributed by atoms with van der Waals surface area (Å²) >= 11 is 1.29. The predicted octanol–water partition coefficient (Wildman–Crippen LogP) is 1.93. The summed E-state index contributed by atoms with van der Waals surface area (Å²) in [6.07, 6.45) is 2.00. The van der Waals surface area contributed by atoms with Crippen LogP contribution < -0.4 is 16.3 Å². The van der Waals surface area contributed by atoms with E-state index in [1.54, 1.807) is 18.5 Å². The first-order chi connectivity index (χ1) is 12.5. The minimum atomic E-state index is -0.341. The minimum Gasteiger partial charge on any atom is -0.349 e. The topological polar surface area (TPSA) is 85.1 Å². The van der Waals surface area contributed by atoms with Gasteiger partial charge in [-0.15, -0.1) is 11.3 Å². The van der Waals surface area contributed by atoms with E-state index in [4.69, 9.17) is 0 Å². The Labute approximate surface area is 153 Å². The molecule has 0 aliphatic heterocycles. The molecule has 2 aromatic heterocycles. The minimum absolute atomic E-state index is 0.109. The van der Waals surface area contributed by atoms with Crippen molar-refractivity contribution in [1.82, 2.24) is 14.5 Å². The van der Waals surface area contributed by atoms with Crippen molar-refractivity contribution in [3.05, 3.63) is 51.8 Å². The van der Waals surface area contributed by atoms with Crippen LogP contribution in [0.15, 0.2) is 40.5 Å². The van der Waals surface area contributed by atoms with Crippen LogP contribution in [0.3, 0.4) is 0 Å². The number of hydrogen-bond acceptors (Lipinski definition) is 4. The molecule has 2 N–H and O–H groups in total. The fourth-order valence-corrected chi connectivity index (χ4v) is 3.70. The Balaban J connectivity index is 1.54. The summed E-state index contributed by atoms with van der Waals surface area (Å²) in [6, 6.07) is 9.27. The van der Waals surface area contributed by atoms with Gasteiger partial charge in [0, 0.05) is 13.1 Å². The number of nitrogens with zero attached hydrogens (tertiary/aromatic N) is 2. The molecule has 8 heteroatoms. The molecule has 0 bridgehead atoms. The average Bonchev–Trinajstić information content (AvgIpc) is 3.27. The van der Waals surface area contributed by atoms with Crippen molar-refractivity contribution >= 4 is 39.2 Å². The molecule has 1 aromatic carbocycles. The highest BCUT2D eigenvalue weighted by Crippen LogP contribution is 2.25. The molecule has 2 heterocycles. The third kappa shape index (κ3) is 3.03. The van der Waals surface area contributed by atoms with Crippen LogP contribution in [0.5, 0.6) is 0 Å². The predicted molar refractivity (Wildman–Crippen MR) is 101 cm³/mol. The maximum absolute atomic E-state index is 12.5. The van der Waals surface area contributed by atoms with E-state index in [1.807, 2.05) is 24.3 Å². The van der Waals surface area contributed by atoms with Gasteiger partial charge in [0.2, 0.25) is 5.91 Å². The lowest BCUT2D eigenvalue weighted by molar-refractivity contribution is -0.116. The summed E-state index contributed by atoms with van der Waals surface area (Å²) in [5.74, 6) is -0.516. The third-order valence-electron chi connectivity index (χ3n) is 4.43. The SMILES string of the molecule is Cn1c(=O)n(CC(=O)Nc2sccc2C(=O)NC2CC2)c2ccccc21. The van der Waals surface area contributed by atoms with Gasteiger partial charge in [0.25, 0.3) is 5.91 Å².